The highest BCUT2D eigenvalue weighted by atomic mass is 16.2. The molecule has 0 saturated heterocycles. The van der Waals surface area contributed by atoms with Crippen molar-refractivity contribution in [3.05, 3.63) is 59.2 Å². The van der Waals surface area contributed by atoms with Crippen LogP contribution in [0.4, 0.5) is 0 Å². The van der Waals surface area contributed by atoms with Gasteiger partial charge in [0.1, 0.15) is 6.04 Å². The Kier molecular flexibility index (Phi) is 5.56. The van der Waals surface area contributed by atoms with Crippen molar-refractivity contribution < 1.29 is 9.59 Å². The molecule has 0 aromatic heterocycles. The van der Waals surface area contributed by atoms with Gasteiger partial charge in [-0.1, -0.05) is 49.6 Å². The van der Waals surface area contributed by atoms with E-state index in [2.05, 4.69) is 16.7 Å². The van der Waals surface area contributed by atoms with E-state index in [1.807, 2.05) is 42.5 Å². The molecule has 1 fully saturated rings. The lowest BCUT2D eigenvalue weighted by molar-refractivity contribution is -0.127. The van der Waals surface area contributed by atoms with Crippen molar-refractivity contribution in [2.75, 3.05) is 0 Å². The van der Waals surface area contributed by atoms with Crippen LogP contribution in [0.3, 0.4) is 0 Å². The maximum atomic E-state index is 12.6. The van der Waals surface area contributed by atoms with Crippen LogP contribution in [0, 0.1) is 11.3 Å². The van der Waals surface area contributed by atoms with Crippen molar-refractivity contribution in [2.24, 2.45) is 5.73 Å². The van der Waals surface area contributed by atoms with Gasteiger partial charge >= 0.3 is 0 Å². The van der Waals surface area contributed by atoms with E-state index in [0.717, 1.165) is 47.1 Å². The average Bonchev–Trinajstić information content (AvgIpc) is 3.14. The Bertz CT molecular complexity index is 1000. The second-order valence-electron chi connectivity index (χ2n) is 8.33. The van der Waals surface area contributed by atoms with Crippen LogP contribution in [0.1, 0.15) is 53.6 Å². The summed E-state index contributed by atoms with van der Waals surface area (Å²) in [6.45, 7) is 0.562. The molecule has 6 heteroatoms. The van der Waals surface area contributed by atoms with E-state index >= 15 is 0 Å². The Balaban J connectivity index is 1.42. The highest BCUT2D eigenvalue weighted by molar-refractivity contribution is 5.98. The first kappa shape index (κ1) is 20.1. The van der Waals surface area contributed by atoms with Gasteiger partial charge in [-0.3, -0.25) is 9.59 Å². The second kappa shape index (κ2) is 8.29. The molecule has 1 saturated carbocycles. The third-order valence-electron chi connectivity index (χ3n) is 6.18. The molecule has 2 aromatic carbocycles. The maximum absolute atomic E-state index is 12.6. The van der Waals surface area contributed by atoms with E-state index in [1.165, 1.54) is 0 Å². The van der Waals surface area contributed by atoms with Gasteiger partial charge in [0, 0.05) is 18.5 Å². The summed E-state index contributed by atoms with van der Waals surface area (Å²) in [5.41, 5.74) is 10.2. The molecule has 30 heavy (non-hydrogen) atoms. The number of fused-ring (bicyclic) bond motifs is 1. The Labute approximate surface area is 176 Å². The van der Waals surface area contributed by atoms with E-state index in [1.54, 1.807) is 0 Å². The highest BCUT2D eigenvalue weighted by Crippen LogP contribution is 2.27. The van der Waals surface area contributed by atoms with Crippen molar-refractivity contribution in [3.8, 4) is 17.2 Å². The molecule has 6 nitrogen and oxygen atoms in total. The summed E-state index contributed by atoms with van der Waals surface area (Å²) in [4.78, 5) is 24.3. The van der Waals surface area contributed by atoms with E-state index in [0.29, 0.717) is 25.8 Å². The number of nitrogens with zero attached hydrogens (tertiary/aromatic N) is 1. The van der Waals surface area contributed by atoms with Crippen LogP contribution in [-0.4, -0.2) is 23.4 Å². The van der Waals surface area contributed by atoms with E-state index in [9.17, 15) is 14.9 Å². The molecule has 1 atom stereocenters. The van der Waals surface area contributed by atoms with E-state index in [4.69, 9.17) is 5.73 Å². The second-order valence-corrected chi connectivity index (χ2v) is 8.33. The summed E-state index contributed by atoms with van der Waals surface area (Å²) in [6, 6.07) is 15.4. The summed E-state index contributed by atoms with van der Waals surface area (Å²) in [7, 11) is 0. The maximum Gasteiger partial charge on any atom is 0.251 e. The molecule has 4 rings (SSSR count). The van der Waals surface area contributed by atoms with Crippen LogP contribution in [0.15, 0.2) is 42.5 Å². The number of benzene rings is 2. The molecular weight excluding hydrogens is 376 g/mol. The Morgan fingerprint density at radius 2 is 1.83 bits per heavy atom. The molecule has 2 amide bonds. The van der Waals surface area contributed by atoms with Crippen molar-refractivity contribution >= 4 is 11.8 Å². The predicted molar refractivity (Wildman–Crippen MR) is 114 cm³/mol. The lowest BCUT2D eigenvalue weighted by Gasteiger charge is -2.32. The van der Waals surface area contributed by atoms with Crippen LogP contribution in [0.2, 0.25) is 0 Å². The Morgan fingerprint density at radius 3 is 2.53 bits per heavy atom. The largest absolute Gasteiger partial charge is 0.348 e. The summed E-state index contributed by atoms with van der Waals surface area (Å²) in [6.07, 6.45) is 4.80. The monoisotopic (exact) mass is 402 g/mol. The third kappa shape index (κ3) is 4.07. The van der Waals surface area contributed by atoms with Crippen LogP contribution in [0.25, 0.3) is 11.1 Å². The van der Waals surface area contributed by atoms with Crippen molar-refractivity contribution in [1.82, 2.24) is 10.6 Å². The lowest BCUT2D eigenvalue weighted by atomic mass is 9.81. The van der Waals surface area contributed by atoms with Crippen LogP contribution >= 0.6 is 0 Å². The van der Waals surface area contributed by atoms with Crippen molar-refractivity contribution in [1.29, 1.82) is 5.26 Å². The molecule has 0 bridgehead atoms. The fraction of sp³-hybridized carbons (Fsp3) is 0.375. The molecule has 2 aromatic rings. The molecular formula is C24H26N4O2. The topological polar surface area (TPSA) is 108 Å². The number of hydrogen-bond acceptors (Lipinski definition) is 4. The summed E-state index contributed by atoms with van der Waals surface area (Å²) >= 11 is 0. The number of rotatable bonds is 5. The SMILES string of the molecule is N#CC(Cc1ccc(-c2ccc3c(c2)CNC3=O)cc1)NC(=O)C1(N)CCCCC1. The first-order valence-corrected chi connectivity index (χ1v) is 10.5. The zero-order valence-electron chi connectivity index (χ0n) is 16.9. The lowest BCUT2D eigenvalue weighted by Crippen LogP contribution is -2.57. The van der Waals surface area contributed by atoms with Gasteiger partial charge in [0.05, 0.1) is 11.6 Å². The predicted octanol–water partition coefficient (Wildman–Crippen LogP) is 2.81. The summed E-state index contributed by atoms with van der Waals surface area (Å²) in [5.74, 6) is -0.240. The van der Waals surface area contributed by atoms with Gasteiger partial charge in [-0.2, -0.15) is 5.26 Å². The van der Waals surface area contributed by atoms with Gasteiger partial charge in [0.2, 0.25) is 5.91 Å². The number of hydrogen-bond donors (Lipinski definition) is 3. The van der Waals surface area contributed by atoms with Gasteiger partial charge in [-0.05, 0) is 47.2 Å². The van der Waals surface area contributed by atoms with Crippen LogP contribution in [-0.2, 0) is 17.8 Å². The molecule has 1 aliphatic heterocycles. The van der Waals surface area contributed by atoms with Gasteiger partial charge in [0.15, 0.2) is 0 Å². The smallest absolute Gasteiger partial charge is 0.251 e. The molecule has 2 aliphatic rings. The highest BCUT2D eigenvalue weighted by Gasteiger charge is 2.36. The fourth-order valence-electron chi connectivity index (χ4n) is 4.32. The number of nitrogens with one attached hydrogen (secondary N) is 2. The first-order valence-electron chi connectivity index (χ1n) is 10.5. The quantitative estimate of drug-likeness (QED) is 0.715. The molecule has 0 radical (unpaired) electrons. The average molecular weight is 402 g/mol. The number of carbonyl (C=O) groups excluding carboxylic acids is 2. The van der Waals surface area contributed by atoms with E-state index in [-0.39, 0.29) is 11.8 Å². The van der Waals surface area contributed by atoms with Gasteiger partial charge in [-0.25, -0.2) is 0 Å². The summed E-state index contributed by atoms with van der Waals surface area (Å²) < 4.78 is 0. The molecule has 1 unspecified atom stereocenters. The molecule has 1 aliphatic carbocycles. The first-order chi connectivity index (χ1) is 14.5. The molecule has 154 valence electrons. The number of nitrogens with two attached hydrogens (primary N) is 1. The summed E-state index contributed by atoms with van der Waals surface area (Å²) in [5, 5.41) is 15.2. The zero-order valence-corrected chi connectivity index (χ0v) is 16.9. The molecule has 4 N–H and O–H groups in total. The zero-order chi connectivity index (χ0) is 21.1. The number of carbonyl (C=O) groups is 2. The minimum Gasteiger partial charge on any atom is -0.348 e. The van der Waals surface area contributed by atoms with Crippen LogP contribution < -0.4 is 16.4 Å². The minimum absolute atomic E-state index is 0.0241. The normalized spacial score (nSPS) is 18.1. The number of amides is 2. The van der Waals surface area contributed by atoms with Gasteiger partial charge in [0.25, 0.3) is 5.91 Å². The van der Waals surface area contributed by atoms with Gasteiger partial charge in [-0.15, -0.1) is 0 Å². The third-order valence-corrected chi connectivity index (χ3v) is 6.18. The molecule has 0 spiro atoms. The van der Waals surface area contributed by atoms with Crippen molar-refractivity contribution in [3.63, 3.8) is 0 Å². The number of nitriles is 1. The Hall–Kier alpha value is -3.17. The van der Waals surface area contributed by atoms with E-state index < -0.39 is 11.6 Å². The minimum atomic E-state index is -0.846. The van der Waals surface area contributed by atoms with Crippen LogP contribution in [0.5, 0.6) is 0 Å². The van der Waals surface area contributed by atoms with Gasteiger partial charge < -0.3 is 16.4 Å². The van der Waals surface area contributed by atoms with Crippen molar-refractivity contribution in [2.45, 2.75) is 56.7 Å². The molecule has 1 heterocycles. The Morgan fingerprint density at radius 1 is 1.13 bits per heavy atom. The standard InChI is InChI=1S/C24H26N4O2/c25-14-20(28-23(30)24(26)10-2-1-3-11-24)12-16-4-6-17(7-5-16)18-8-9-21-19(13-18)15-27-22(21)29/h4-9,13,20H,1-3,10-12,15,26H2,(H,27,29)(H,28,30). The fourth-order valence-corrected chi connectivity index (χ4v) is 4.32.